The lowest BCUT2D eigenvalue weighted by Gasteiger charge is -2.37. The minimum absolute atomic E-state index is 0.0177. The average Bonchev–Trinajstić information content (AvgIpc) is 2.68. The third kappa shape index (κ3) is 3.90. The maximum absolute atomic E-state index is 12.9. The number of carbonyl (C=O) groups is 1. The molecule has 0 aromatic heterocycles. The standard InChI is InChI=1S/C22H26N2O2/c1-3-5-8-16-26-18-13-11-17(12-14-18)21-23-20-10-7-6-9-19(20)22(25)24(21)15-4-2/h4,6-7,9-14,21,23H,2-3,5,8,15-16H2,1H3. The molecule has 0 saturated carbocycles. The second kappa shape index (κ2) is 8.56. The predicted octanol–water partition coefficient (Wildman–Crippen LogP) is 5.01. The topological polar surface area (TPSA) is 41.6 Å². The molecule has 2 aromatic carbocycles. The molecule has 1 aliphatic rings. The average molecular weight is 350 g/mol. The molecule has 1 heterocycles. The number of unbranched alkanes of at least 4 members (excludes halogenated alkanes) is 2. The summed E-state index contributed by atoms with van der Waals surface area (Å²) in [4.78, 5) is 14.7. The fourth-order valence-corrected chi connectivity index (χ4v) is 3.17. The van der Waals surface area contributed by atoms with Crippen LogP contribution in [0.15, 0.2) is 61.2 Å². The first kappa shape index (κ1) is 18.1. The summed E-state index contributed by atoms with van der Waals surface area (Å²) in [5.41, 5.74) is 2.58. The Bertz CT molecular complexity index is 755. The number of hydrogen-bond acceptors (Lipinski definition) is 3. The van der Waals surface area contributed by atoms with E-state index in [1.807, 2.05) is 48.5 Å². The van der Waals surface area contributed by atoms with Crippen molar-refractivity contribution >= 4 is 11.6 Å². The van der Waals surface area contributed by atoms with Crippen LogP contribution in [0, 0.1) is 0 Å². The Hall–Kier alpha value is -2.75. The van der Waals surface area contributed by atoms with Gasteiger partial charge in [-0.05, 0) is 36.2 Å². The Kier molecular flexibility index (Phi) is 5.95. The number of anilines is 1. The van der Waals surface area contributed by atoms with Gasteiger partial charge in [-0.25, -0.2) is 0 Å². The highest BCUT2D eigenvalue weighted by Gasteiger charge is 2.31. The number of fused-ring (bicyclic) bond motifs is 1. The second-order valence-corrected chi connectivity index (χ2v) is 6.46. The van der Waals surface area contributed by atoms with Gasteiger partial charge in [0.15, 0.2) is 0 Å². The fraction of sp³-hybridized carbons (Fsp3) is 0.318. The van der Waals surface area contributed by atoms with E-state index >= 15 is 0 Å². The molecule has 1 unspecified atom stereocenters. The first-order chi connectivity index (χ1) is 12.7. The van der Waals surface area contributed by atoms with E-state index in [2.05, 4.69) is 18.8 Å². The third-order valence-electron chi connectivity index (χ3n) is 4.56. The molecule has 1 amide bonds. The van der Waals surface area contributed by atoms with Gasteiger partial charge in [0.2, 0.25) is 0 Å². The van der Waals surface area contributed by atoms with Crippen LogP contribution >= 0.6 is 0 Å². The van der Waals surface area contributed by atoms with Gasteiger partial charge >= 0.3 is 0 Å². The van der Waals surface area contributed by atoms with E-state index in [4.69, 9.17) is 4.74 Å². The zero-order chi connectivity index (χ0) is 18.4. The summed E-state index contributed by atoms with van der Waals surface area (Å²) >= 11 is 0. The quantitative estimate of drug-likeness (QED) is 0.537. The van der Waals surface area contributed by atoms with Crippen molar-refractivity contribution in [3.05, 3.63) is 72.3 Å². The Labute approximate surface area is 155 Å². The van der Waals surface area contributed by atoms with Gasteiger partial charge in [0, 0.05) is 12.2 Å². The Morgan fingerprint density at radius 3 is 2.65 bits per heavy atom. The van der Waals surface area contributed by atoms with E-state index in [0.29, 0.717) is 12.1 Å². The van der Waals surface area contributed by atoms with Gasteiger partial charge < -0.3 is 15.0 Å². The maximum atomic E-state index is 12.9. The minimum atomic E-state index is -0.218. The Morgan fingerprint density at radius 2 is 1.92 bits per heavy atom. The number of ether oxygens (including phenoxy) is 1. The molecule has 0 spiro atoms. The number of amides is 1. The van der Waals surface area contributed by atoms with Gasteiger partial charge in [-0.3, -0.25) is 4.79 Å². The Balaban J connectivity index is 1.78. The normalized spacial score (nSPS) is 16.0. The molecule has 4 heteroatoms. The van der Waals surface area contributed by atoms with Crippen LogP contribution < -0.4 is 10.1 Å². The zero-order valence-corrected chi connectivity index (χ0v) is 15.3. The van der Waals surface area contributed by atoms with Gasteiger partial charge in [-0.15, -0.1) is 6.58 Å². The van der Waals surface area contributed by atoms with Crippen molar-refractivity contribution < 1.29 is 9.53 Å². The molecule has 0 saturated heterocycles. The molecule has 136 valence electrons. The molecule has 0 radical (unpaired) electrons. The molecule has 0 fully saturated rings. The highest BCUT2D eigenvalue weighted by molar-refractivity contribution is 6.01. The van der Waals surface area contributed by atoms with Crippen LogP contribution in [0.1, 0.15) is 48.3 Å². The van der Waals surface area contributed by atoms with Crippen LogP contribution in [0.5, 0.6) is 5.75 Å². The van der Waals surface area contributed by atoms with Gasteiger partial charge in [0.25, 0.3) is 5.91 Å². The summed E-state index contributed by atoms with van der Waals surface area (Å²) < 4.78 is 5.78. The van der Waals surface area contributed by atoms with Crippen molar-refractivity contribution in [3.63, 3.8) is 0 Å². The molecule has 0 aliphatic carbocycles. The number of hydrogen-bond donors (Lipinski definition) is 1. The minimum Gasteiger partial charge on any atom is -0.494 e. The summed E-state index contributed by atoms with van der Waals surface area (Å²) in [6.07, 6.45) is 4.98. The molecular formula is C22H26N2O2. The smallest absolute Gasteiger partial charge is 0.258 e. The maximum Gasteiger partial charge on any atom is 0.258 e. The van der Waals surface area contributed by atoms with E-state index in [1.54, 1.807) is 11.0 Å². The van der Waals surface area contributed by atoms with Crippen LogP contribution in [-0.4, -0.2) is 24.0 Å². The van der Waals surface area contributed by atoms with E-state index in [0.717, 1.165) is 30.0 Å². The van der Waals surface area contributed by atoms with Gasteiger partial charge in [0.1, 0.15) is 11.9 Å². The molecule has 1 atom stereocenters. The monoisotopic (exact) mass is 350 g/mol. The lowest BCUT2D eigenvalue weighted by molar-refractivity contribution is 0.0707. The summed E-state index contributed by atoms with van der Waals surface area (Å²) in [6, 6.07) is 15.6. The number of rotatable bonds is 8. The highest BCUT2D eigenvalue weighted by atomic mass is 16.5. The SMILES string of the molecule is C=CCN1C(=O)c2ccccc2NC1c1ccc(OCCCCC)cc1. The van der Waals surface area contributed by atoms with Gasteiger partial charge in [-0.2, -0.15) is 0 Å². The number of nitrogens with zero attached hydrogens (tertiary/aromatic N) is 1. The van der Waals surface area contributed by atoms with Crippen LogP contribution in [0.25, 0.3) is 0 Å². The first-order valence-electron chi connectivity index (χ1n) is 9.24. The van der Waals surface area contributed by atoms with Crippen molar-refractivity contribution in [2.24, 2.45) is 0 Å². The number of nitrogens with one attached hydrogen (secondary N) is 1. The molecule has 3 rings (SSSR count). The van der Waals surface area contributed by atoms with Crippen LogP contribution in [0.3, 0.4) is 0 Å². The lowest BCUT2D eigenvalue weighted by atomic mass is 10.0. The molecule has 4 nitrogen and oxygen atoms in total. The van der Waals surface area contributed by atoms with E-state index < -0.39 is 0 Å². The molecule has 26 heavy (non-hydrogen) atoms. The van der Waals surface area contributed by atoms with E-state index in [-0.39, 0.29) is 12.1 Å². The van der Waals surface area contributed by atoms with Crippen molar-refractivity contribution in [3.8, 4) is 5.75 Å². The lowest BCUT2D eigenvalue weighted by Crippen LogP contribution is -2.42. The molecule has 1 aliphatic heterocycles. The van der Waals surface area contributed by atoms with Crippen LogP contribution in [0.2, 0.25) is 0 Å². The van der Waals surface area contributed by atoms with Crippen molar-refractivity contribution in [1.82, 2.24) is 4.90 Å². The number of para-hydroxylation sites is 1. The van der Waals surface area contributed by atoms with E-state index in [1.165, 1.54) is 12.8 Å². The Morgan fingerprint density at radius 1 is 1.15 bits per heavy atom. The number of benzene rings is 2. The highest BCUT2D eigenvalue weighted by Crippen LogP contribution is 2.33. The second-order valence-electron chi connectivity index (χ2n) is 6.46. The van der Waals surface area contributed by atoms with Crippen molar-refractivity contribution in [2.75, 3.05) is 18.5 Å². The molecule has 2 aromatic rings. The molecular weight excluding hydrogens is 324 g/mol. The predicted molar refractivity (Wildman–Crippen MR) is 106 cm³/mol. The fourth-order valence-electron chi connectivity index (χ4n) is 3.17. The zero-order valence-electron chi connectivity index (χ0n) is 15.3. The van der Waals surface area contributed by atoms with Crippen LogP contribution in [0.4, 0.5) is 5.69 Å². The summed E-state index contributed by atoms with van der Waals surface area (Å²) in [6.45, 7) is 7.20. The third-order valence-corrected chi connectivity index (χ3v) is 4.56. The van der Waals surface area contributed by atoms with Crippen molar-refractivity contribution in [2.45, 2.75) is 32.4 Å². The van der Waals surface area contributed by atoms with Gasteiger partial charge in [-0.1, -0.05) is 50.1 Å². The summed E-state index contributed by atoms with van der Waals surface area (Å²) in [7, 11) is 0. The van der Waals surface area contributed by atoms with E-state index in [9.17, 15) is 4.79 Å². The first-order valence-corrected chi connectivity index (χ1v) is 9.24. The summed E-state index contributed by atoms with van der Waals surface area (Å²) in [5, 5.41) is 3.47. The number of carbonyl (C=O) groups excluding carboxylic acids is 1. The largest absolute Gasteiger partial charge is 0.494 e. The molecule has 1 N–H and O–H groups in total. The molecule has 0 bridgehead atoms. The van der Waals surface area contributed by atoms with Crippen LogP contribution in [-0.2, 0) is 0 Å². The van der Waals surface area contributed by atoms with Gasteiger partial charge in [0.05, 0.1) is 12.2 Å². The summed E-state index contributed by atoms with van der Waals surface area (Å²) in [5.74, 6) is 0.881. The van der Waals surface area contributed by atoms with Crippen molar-refractivity contribution in [1.29, 1.82) is 0 Å².